The number of aliphatic hydroxyl groups is 1. The molecule has 1 aromatic carbocycles. The monoisotopic (exact) mass is 321 g/mol. The van der Waals surface area contributed by atoms with Crippen molar-refractivity contribution in [1.82, 2.24) is 4.90 Å². The van der Waals surface area contributed by atoms with E-state index in [0.29, 0.717) is 31.8 Å². The fourth-order valence-electron chi connectivity index (χ4n) is 3.47. The molecule has 0 bridgehead atoms. The molecule has 2 heterocycles. The van der Waals surface area contributed by atoms with Crippen LogP contribution in [0.25, 0.3) is 0 Å². The van der Waals surface area contributed by atoms with Crippen LogP contribution in [0.2, 0.25) is 0 Å². The summed E-state index contributed by atoms with van der Waals surface area (Å²) in [4.78, 5) is 2.40. The van der Waals surface area contributed by atoms with Crippen LogP contribution in [-0.4, -0.2) is 48.1 Å². The van der Waals surface area contributed by atoms with Gasteiger partial charge in [0.1, 0.15) is 0 Å². The van der Waals surface area contributed by atoms with Crippen LogP contribution in [0.1, 0.15) is 38.7 Å². The summed E-state index contributed by atoms with van der Waals surface area (Å²) >= 11 is 0. The van der Waals surface area contributed by atoms with Crippen molar-refractivity contribution in [2.75, 3.05) is 19.9 Å². The largest absolute Gasteiger partial charge is 0.454 e. The molecule has 0 amide bonds. The van der Waals surface area contributed by atoms with Crippen molar-refractivity contribution in [3.05, 3.63) is 23.8 Å². The number of hydrogen-bond acceptors (Lipinski definition) is 5. The molecule has 3 rings (SSSR count). The summed E-state index contributed by atoms with van der Waals surface area (Å²) < 4.78 is 16.3. The van der Waals surface area contributed by atoms with Gasteiger partial charge in [-0.1, -0.05) is 12.5 Å². The molecule has 2 aliphatic heterocycles. The highest BCUT2D eigenvalue weighted by molar-refractivity contribution is 5.44. The summed E-state index contributed by atoms with van der Waals surface area (Å²) in [7, 11) is 0. The van der Waals surface area contributed by atoms with Crippen LogP contribution in [-0.2, 0) is 11.3 Å². The standard InChI is InChI=1S/C18H27NO4/c1-13-4-3-5-14(2)19(13)9-16(20)11-21-10-15-6-7-17-18(8-15)23-12-22-17/h6-8,13-14,16,20H,3-5,9-12H2,1-2H3/t13-,14-,16+/m1/s1. The van der Waals surface area contributed by atoms with Crippen molar-refractivity contribution in [2.45, 2.75) is 57.9 Å². The van der Waals surface area contributed by atoms with E-state index in [1.807, 2.05) is 18.2 Å². The predicted molar refractivity (Wildman–Crippen MR) is 87.7 cm³/mol. The van der Waals surface area contributed by atoms with E-state index in [0.717, 1.165) is 17.1 Å². The number of ether oxygens (including phenoxy) is 3. The second-order valence-electron chi connectivity index (χ2n) is 6.68. The van der Waals surface area contributed by atoms with E-state index in [-0.39, 0.29) is 6.79 Å². The van der Waals surface area contributed by atoms with Gasteiger partial charge in [-0.05, 0) is 44.4 Å². The number of rotatable bonds is 6. The summed E-state index contributed by atoms with van der Waals surface area (Å²) in [6.45, 7) is 6.28. The maximum absolute atomic E-state index is 10.3. The average Bonchev–Trinajstić information content (AvgIpc) is 2.99. The lowest BCUT2D eigenvalue weighted by atomic mass is 9.97. The second kappa shape index (κ2) is 7.51. The van der Waals surface area contributed by atoms with Crippen molar-refractivity contribution in [1.29, 1.82) is 0 Å². The van der Waals surface area contributed by atoms with Gasteiger partial charge in [0.15, 0.2) is 11.5 Å². The first-order valence-electron chi connectivity index (χ1n) is 8.53. The Bertz CT molecular complexity index is 512. The first kappa shape index (κ1) is 16.6. The smallest absolute Gasteiger partial charge is 0.231 e. The van der Waals surface area contributed by atoms with Crippen molar-refractivity contribution in [3.63, 3.8) is 0 Å². The van der Waals surface area contributed by atoms with E-state index in [4.69, 9.17) is 14.2 Å². The zero-order chi connectivity index (χ0) is 16.2. The highest BCUT2D eigenvalue weighted by Gasteiger charge is 2.26. The molecule has 0 aromatic heterocycles. The number of β-amino-alcohol motifs (C(OH)–C–C–N with tert-alkyl or cyclic N) is 1. The highest BCUT2D eigenvalue weighted by atomic mass is 16.7. The van der Waals surface area contributed by atoms with Crippen LogP contribution in [0.3, 0.4) is 0 Å². The minimum absolute atomic E-state index is 0.282. The zero-order valence-electron chi connectivity index (χ0n) is 14.0. The summed E-state index contributed by atoms with van der Waals surface area (Å²) in [5.41, 5.74) is 1.03. The maximum atomic E-state index is 10.3. The Kier molecular flexibility index (Phi) is 5.41. The molecule has 1 N–H and O–H groups in total. The van der Waals surface area contributed by atoms with Gasteiger partial charge >= 0.3 is 0 Å². The van der Waals surface area contributed by atoms with Crippen LogP contribution in [0.15, 0.2) is 18.2 Å². The molecule has 1 aromatic rings. The average molecular weight is 321 g/mol. The number of piperidine rings is 1. The van der Waals surface area contributed by atoms with E-state index in [9.17, 15) is 5.11 Å². The third kappa shape index (κ3) is 4.16. The molecule has 1 fully saturated rings. The molecule has 3 atom stereocenters. The molecule has 0 saturated carbocycles. The van der Waals surface area contributed by atoms with Crippen LogP contribution >= 0.6 is 0 Å². The lowest BCUT2D eigenvalue weighted by molar-refractivity contribution is -0.0135. The molecular formula is C18H27NO4. The topological polar surface area (TPSA) is 51.2 Å². The first-order valence-corrected chi connectivity index (χ1v) is 8.53. The molecule has 1 saturated heterocycles. The molecule has 0 unspecified atom stereocenters. The molecule has 23 heavy (non-hydrogen) atoms. The number of hydrogen-bond donors (Lipinski definition) is 1. The first-order chi connectivity index (χ1) is 11.1. The van der Waals surface area contributed by atoms with E-state index in [1.165, 1.54) is 19.3 Å². The van der Waals surface area contributed by atoms with Crippen LogP contribution in [0, 0.1) is 0 Å². The van der Waals surface area contributed by atoms with Crippen LogP contribution in [0.4, 0.5) is 0 Å². The van der Waals surface area contributed by atoms with E-state index < -0.39 is 6.10 Å². The van der Waals surface area contributed by atoms with Crippen LogP contribution < -0.4 is 9.47 Å². The van der Waals surface area contributed by atoms with E-state index in [2.05, 4.69) is 18.7 Å². The fourth-order valence-corrected chi connectivity index (χ4v) is 3.47. The van der Waals surface area contributed by atoms with Crippen molar-refractivity contribution in [3.8, 4) is 11.5 Å². The summed E-state index contributed by atoms with van der Waals surface area (Å²) in [5.74, 6) is 1.55. The second-order valence-corrected chi connectivity index (χ2v) is 6.68. The van der Waals surface area contributed by atoms with Gasteiger partial charge in [-0.25, -0.2) is 0 Å². The maximum Gasteiger partial charge on any atom is 0.231 e. The minimum Gasteiger partial charge on any atom is -0.454 e. The van der Waals surface area contributed by atoms with Gasteiger partial charge in [0.2, 0.25) is 6.79 Å². The number of likely N-dealkylation sites (tertiary alicyclic amines) is 1. The van der Waals surface area contributed by atoms with Crippen LogP contribution in [0.5, 0.6) is 11.5 Å². The molecule has 0 radical (unpaired) electrons. The van der Waals surface area contributed by atoms with E-state index in [1.54, 1.807) is 0 Å². The van der Waals surface area contributed by atoms with Gasteiger partial charge in [-0.3, -0.25) is 4.90 Å². The van der Waals surface area contributed by atoms with Gasteiger partial charge in [0, 0.05) is 18.6 Å². The Morgan fingerprint density at radius 2 is 1.96 bits per heavy atom. The third-order valence-electron chi connectivity index (χ3n) is 4.81. The zero-order valence-corrected chi connectivity index (χ0v) is 14.0. The Hall–Kier alpha value is -1.30. The normalized spacial score (nSPS) is 25.5. The fraction of sp³-hybridized carbons (Fsp3) is 0.667. The minimum atomic E-state index is -0.452. The molecule has 5 nitrogen and oxygen atoms in total. The van der Waals surface area contributed by atoms with Crippen molar-refractivity contribution in [2.24, 2.45) is 0 Å². The lowest BCUT2D eigenvalue weighted by Gasteiger charge is -2.40. The Morgan fingerprint density at radius 1 is 1.22 bits per heavy atom. The lowest BCUT2D eigenvalue weighted by Crippen LogP contribution is -2.48. The summed E-state index contributed by atoms with van der Waals surface area (Å²) in [6, 6.07) is 6.89. The quantitative estimate of drug-likeness (QED) is 0.873. The van der Waals surface area contributed by atoms with Gasteiger partial charge in [-0.15, -0.1) is 0 Å². The number of fused-ring (bicyclic) bond motifs is 1. The Labute approximate surface area is 138 Å². The Balaban J connectivity index is 1.43. The molecule has 0 spiro atoms. The van der Waals surface area contributed by atoms with Crippen molar-refractivity contribution >= 4 is 0 Å². The summed E-state index contributed by atoms with van der Waals surface area (Å²) in [6.07, 6.45) is 3.27. The number of aliphatic hydroxyl groups excluding tert-OH is 1. The molecule has 5 heteroatoms. The predicted octanol–water partition coefficient (Wildman–Crippen LogP) is 2.56. The van der Waals surface area contributed by atoms with Crippen molar-refractivity contribution < 1.29 is 19.3 Å². The van der Waals surface area contributed by atoms with Gasteiger partial charge < -0.3 is 19.3 Å². The Morgan fingerprint density at radius 3 is 2.74 bits per heavy atom. The molecule has 128 valence electrons. The number of benzene rings is 1. The molecule has 2 aliphatic rings. The summed E-state index contributed by atoms with van der Waals surface area (Å²) in [5, 5.41) is 10.3. The van der Waals surface area contributed by atoms with Gasteiger partial charge in [0.05, 0.1) is 19.3 Å². The molecular weight excluding hydrogens is 294 g/mol. The third-order valence-corrected chi connectivity index (χ3v) is 4.81. The number of nitrogens with zero attached hydrogens (tertiary/aromatic N) is 1. The SMILES string of the molecule is C[C@@H]1CCC[C@@H](C)N1C[C@H](O)COCc1ccc2c(c1)OCO2. The van der Waals surface area contributed by atoms with Gasteiger partial charge in [-0.2, -0.15) is 0 Å². The van der Waals surface area contributed by atoms with Gasteiger partial charge in [0.25, 0.3) is 0 Å². The molecule has 0 aliphatic carbocycles. The van der Waals surface area contributed by atoms with E-state index >= 15 is 0 Å². The highest BCUT2D eigenvalue weighted by Crippen LogP contribution is 2.32.